The molecule has 238 valence electrons. The number of fused-ring (bicyclic) bond motifs is 8. The van der Waals surface area contributed by atoms with E-state index in [1.807, 2.05) is 0 Å². The quantitative estimate of drug-likeness (QED) is 0.131. The predicted molar refractivity (Wildman–Crippen MR) is 211 cm³/mol. The van der Waals surface area contributed by atoms with Crippen LogP contribution in [0.3, 0.4) is 0 Å². The van der Waals surface area contributed by atoms with Crippen molar-refractivity contribution in [1.29, 1.82) is 0 Å². The van der Waals surface area contributed by atoms with Gasteiger partial charge < -0.3 is 0 Å². The lowest BCUT2D eigenvalue weighted by molar-refractivity contribution is -0.0399. The molecule has 0 heterocycles. The summed E-state index contributed by atoms with van der Waals surface area (Å²) >= 11 is 0. The van der Waals surface area contributed by atoms with Crippen molar-refractivity contribution < 1.29 is 0 Å². The van der Waals surface area contributed by atoms with Crippen LogP contribution in [0.1, 0.15) is 43.2 Å². The maximum Gasteiger partial charge on any atom is 0.0271 e. The fourth-order valence-electron chi connectivity index (χ4n) is 12.2. The molecule has 8 aromatic rings. The zero-order valence-corrected chi connectivity index (χ0v) is 28.2. The molecule has 8 aromatic carbocycles. The van der Waals surface area contributed by atoms with Crippen LogP contribution in [0.5, 0.6) is 0 Å². The summed E-state index contributed by atoms with van der Waals surface area (Å²) in [5.41, 5.74) is 11.7. The summed E-state index contributed by atoms with van der Waals surface area (Å²) in [4.78, 5) is 0. The zero-order chi connectivity index (χ0) is 32.6. The van der Waals surface area contributed by atoms with Crippen LogP contribution >= 0.6 is 0 Å². The van der Waals surface area contributed by atoms with Gasteiger partial charge in [-0.05, 0) is 156 Å². The lowest BCUT2D eigenvalue weighted by Gasteiger charge is -2.61. The summed E-state index contributed by atoms with van der Waals surface area (Å²) in [6.45, 7) is 0. The molecule has 0 heteroatoms. The summed E-state index contributed by atoms with van der Waals surface area (Å²) in [5, 5.41) is 10.5. The van der Waals surface area contributed by atoms with Gasteiger partial charge in [0.1, 0.15) is 0 Å². The summed E-state index contributed by atoms with van der Waals surface area (Å²) in [6.07, 6.45) is 7.17. The SMILES string of the molecule is c1ccc2c(c1)-c1cc(-c3c4ccccc4c(-c4ccc5c(ccc6ccccc65)c4)c4ccccc34)ccc1C21C2CC3CC(C2)CC1C3. The van der Waals surface area contributed by atoms with E-state index in [0.717, 1.165) is 23.7 Å². The van der Waals surface area contributed by atoms with Gasteiger partial charge >= 0.3 is 0 Å². The molecule has 4 saturated carbocycles. The van der Waals surface area contributed by atoms with Crippen molar-refractivity contribution in [1.82, 2.24) is 0 Å². The van der Waals surface area contributed by atoms with E-state index < -0.39 is 0 Å². The van der Waals surface area contributed by atoms with Crippen molar-refractivity contribution >= 4 is 43.1 Å². The van der Waals surface area contributed by atoms with Gasteiger partial charge in [-0.25, -0.2) is 0 Å². The van der Waals surface area contributed by atoms with E-state index in [4.69, 9.17) is 0 Å². The molecule has 0 amide bonds. The predicted octanol–water partition coefficient (Wildman–Crippen LogP) is 13.4. The van der Waals surface area contributed by atoms with Crippen LogP contribution in [-0.4, -0.2) is 0 Å². The van der Waals surface area contributed by atoms with Crippen LogP contribution in [0.15, 0.2) is 146 Å². The average molecular weight is 639 g/mol. The molecule has 0 saturated heterocycles. The second-order valence-corrected chi connectivity index (χ2v) is 16.0. The first kappa shape index (κ1) is 27.6. The van der Waals surface area contributed by atoms with Gasteiger partial charge in [-0.3, -0.25) is 0 Å². The molecule has 13 rings (SSSR count). The largest absolute Gasteiger partial charge is 0.0619 e. The van der Waals surface area contributed by atoms with Gasteiger partial charge in [0.15, 0.2) is 0 Å². The van der Waals surface area contributed by atoms with Crippen LogP contribution in [0.2, 0.25) is 0 Å². The molecule has 4 fully saturated rings. The molecule has 50 heavy (non-hydrogen) atoms. The Morgan fingerprint density at radius 2 is 0.860 bits per heavy atom. The third kappa shape index (κ3) is 3.52. The van der Waals surface area contributed by atoms with Crippen molar-refractivity contribution in [2.45, 2.75) is 37.5 Å². The Morgan fingerprint density at radius 1 is 0.360 bits per heavy atom. The highest BCUT2D eigenvalue weighted by Gasteiger charge is 2.61. The fourth-order valence-corrected chi connectivity index (χ4v) is 12.2. The Bertz CT molecular complexity index is 2640. The number of hydrogen-bond donors (Lipinski definition) is 0. The van der Waals surface area contributed by atoms with E-state index in [1.54, 1.807) is 11.1 Å². The lowest BCUT2D eigenvalue weighted by atomic mass is 9.43. The Hall–Kier alpha value is -5.20. The molecule has 0 unspecified atom stereocenters. The van der Waals surface area contributed by atoms with Crippen molar-refractivity contribution in [3.05, 3.63) is 157 Å². The Morgan fingerprint density at radius 3 is 1.54 bits per heavy atom. The zero-order valence-electron chi connectivity index (χ0n) is 28.2. The molecule has 0 aliphatic heterocycles. The molecule has 1 spiro atoms. The molecule has 5 aliphatic rings. The van der Waals surface area contributed by atoms with Crippen molar-refractivity contribution in [3.63, 3.8) is 0 Å². The summed E-state index contributed by atoms with van der Waals surface area (Å²) in [6, 6.07) is 55.8. The van der Waals surface area contributed by atoms with E-state index >= 15 is 0 Å². The third-order valence-corrected chi connectivity index (χ3v) is 13.8. The van der Waals surface area contributed by atoms with Crippen LogP contribution in [0.4, 0.5) is 0 Å². The van der Waals surface area contributed by atoms with Gasteiger partial charge in [0, 0.05) is 5.41 Å². The lowest BCUT2D eigenvalue weighted by Crippen LogP contribution is -2.55. The first-order valence-electron chi connectivity index (χ1n) is 18.9. The summed E-state index contributed by atoms with van der Waals surface area (Å²) in [7, 11) is 0. The maximum atomic E-state index is 2.59. The van der Waals surface area contributed by atoms with Crippen LogP contribution in [0.25, 0.3) is 76.5 Å². The topological polar surface area (TPSA) is 0 Å². The first-order chi connectivity index (χ1) is 24.8. The Balaban J connectivity index is 1.09. The number of hydrogen-bond acceptors (Lipinski definition) is 0. The van der Waals surface area contributed by atoms with E-state index in [-0.39, 0.29) is 5.41 Å². The Labute approximate surface area is 293 Å². The molecule has 0 radical (unpaired) electrons. The minimum absolute atomic E-state index is 0.202. The van der Waals surface area contributed by atoms with Crippen molar-refractivity contribution in [3.8, 4) is 33.4 Å². The molecule has 0 N–H and O–H groups in total. The third-order valence-electron chi connectivity index (χ3n) is 13.8. The molecule has 4 bridgehead atoms. The molecule has 0 aromatic heterocycles. The van der Waals surface area contributed by atoms with Crippen LogP contribution < -0.4 is 0 Å². The second kappa shape index (κ2) is 9.95. The van der Waals surface area contributed by atoms with Crippen LogP contribution in [0, 0.1) is 23.7 Å². The van der Waals surface area contributed by atoms with Gasteiger partial charge in [-0.15, -0.1) is 0 Å². The number of rotatable bonds is 2. The number of benzene rings is 8. The molecule has 5 aliphatic carbocycles. The summed E-state index contributed by atoms with van der Waals surface area (Å²) < 4.78 is 0. The van der Waals surface area contributed by atoms with E-state index in [0.29, 0.717) is 0 Å². The highest BCUT2D eigenvalue weighted by molar-refractivity contribution is 6.22. The van der Waals surface area contributed by atoms with Gasteiger partial charge in [-0.1, -0.05) is 133 Å². The monoisotopic (exact) mass is 638 g/mol. The van der Waals surface area contributed by atoms with Crippen LogP contribution in [-0.2, 0) is 5.41 Å². The smallest absolute Gasteiger partial charge is 0.0271 e. The average Bonchev–Trinajstić information content (AvgIpc) is 3.45. The maximum absolute atomic E-state index is 2.59. The van der Waals surface area contributed by atoms with Gasteiger partial charge in [0.2, 0.25) is 0 Å². The molecular weight excluding hydrogens is 601 g/mol. The van der Waals surface area contributed by atoms with E-state index in [9.17, 15) is 0 Å². The van der Waals surface area contributed by atoms with Crippen molar-refractivity contribution in [2.75, 3.05) is 0 Å². The highest BCUT2D eigenvalue weighted by Crippen LogP contribution is 2.69. The first-order valence-corrected chi connectivity index (χ1v) is 18.9. The minimum atomic E-state index is 0.202. The van der Waals surface area contributed by atoms with Gasteiger partial charge in [0.25, 0.3) is 0 Å². The van der Waals surface area contributed by atoms with Gasteiger partial charge in [-0.2, -0.15) is 0 Å². The van der Waals surface area contributed by atoms with E-state index in [1.165, 1.54) is 109 Å². The van der Waals surface area contributed by atoms with Crippen molar-refractivity contribution in [2.24, 2.45) is 23.7 Å². The normalized spacial score (nSPS) is 24.5. The highest BCUT2D eigenvalue weighted by atomic mass is 14.6. The fraction of sp³-hybridized carbons (Fsp3) is 0.200. The Kier molecular flexibility index (Phi) is 5.49. The summed E-state index contributed by atoms with van der Waals surface area (Å²) in [5.74, 6) is 3.48. The molecule has 0 atom stereocenters. The van der Waals surface area contributed by atoms with Gasteiger partial charge in [0.05, 0.1) is 0 Å². The van der Waals surface area contributed by atoms with E-state index in [2.05, 4.69) is 146 Å². The molecule has 0 nitrogen and oxygen atoms in total. The standard InChI is InChI=1S/C50H38/c1-2-10-38-32(9-1)17-18-33-28-34(19-21-39(33)38)48-41-12-3-5-14-43(41)49(44-15-6-4-13-42(44)48)35-20-22-47-45(29-35)40-11-7-8-16-46(40)50(47)36-24-30-23-31(26-36)27-37(50)25-30/h1-22,28-31,36-37H,23-27H2. The minimum Gasteiger partial charge on any atom is -0.0619 e. The molecular formula is C50H38. The second-order valence-electron chi connectivity index (χ2n) is 16.0.